The van der Waals surface area contributed by atoms with Crippen molar-refractivity contribution < 1.29 is 4.79 Å². The average Bonchev–Trinajstić information content (AvgIpc) is 2.89. The molecule has 3 aromatic rings. The third kappa shape index (κ3) is 2.07. The number of pyridine rings is 1. The molecule has 0 aliphatic carbocycles. The molecule has 1 aromatic carbocycles. The Morgan fingerprint density at radius 1 is 1.35 bits per heavy atom. The third-order valence-corrected chi connectivity index (χ3v) is 3.02. The van der Waals surface area contributed by atoms with Crippen molar-refractivity contribution in [2.24, 2.45) is 7.05 Å². The van der Waals surface area contributed by atoms with E-state index in [9.17, 15) is 4.79 Å². The van der Waals surface area contributed by atoms with E-state index in [1.807, 2.05) is 12.1 Å². The highest BCUT2D eigenvalue weighted by atomic mass is 16.1. The summed E-state index contributed by atoms with van der Waals surface area (Å²) in [6.45, 7) is 0. The van der Waals surface area contributed by atoms with Crippen molar-refractivity contribution in [1.29, 1.82) is 0 Å². The van der Waals surface area contributed by atoms with E-state index in [1.54, 1.807) is 36.3 Å². The third-order valence-electron chi connectivity index (χ3n) is 3.02. The molecule has 2 aromatic heterocycles. The van der Waals surface area contributed by atoms with Crippen LogP contribution in [-0.4, -0.2) is 20.7 Å². The molecular weight excluding hydrogens is 254 g/mol. The topological polar surface area (TPSA) is 85.8 Å². The van der Waals surface area contributed by atoms with Crippen LogP contribution in [0.2, 0.25) is 0 Å². The molecule has 6 nitrogen and oxygen atoms in total. The number of aryl methyl sites for hydroxylation is 1. The lowest BCUT2D eigenvalue weighted by atomic mass is 10.1. The Hall–Kier alpha value is -2.89. The molecule has 0 fully saturated rings. The van der Waals surface area contributed by atoms with E-state index in [-0.39, 0.29) is 5.91 Å². The number of anilines is 2. The van der Waals surface area contributed by atoms with E-state index in [0.717, 1.165) is 5.39 Å². The van der Waals surface area contributed by atoms with Gasteiger partial charge in [-0.05, 0) is 24.3 Å². The Morgan fingerprint density at radius 3 is 2.95 bits per heavy atom. The van der Waals surface area contributed by atoms with Crippen LogP contribution >= 0.6 is 0 Å². The molecule has 0 aliphatic heterocycles. The maximum atomic E-state index is 12.1. The van der Waals surface area contributed by atoms with Gasteiger partial charge in [0, 0.05) is 24.8 Å². The smallest absolute Gasteiger partial charge is 0.258 e. The number of fused-ring (bicyclic) bond motifs is 1. The minimum Gasteiger partial charge on any atom is -0.397 e. The molecule has 0 saturated carbocycles. The van der Waals surface area contributed by atoms with Crippen LogP contribution < -0.4 is 11.1 Å². The highest BCUT2D eigenvalue weighted by molar-refractivity contribution is 6.09. The van der Waals surface area contributed by atoms with Crippen molar-refractivity contribution in [2.45, 2.75) is 0 Å². The molecule has 6 heteroatoms. The molecule has 0 radical (unpaired) electrons. The molecule has 0 saturated heterocycles. The van der Waals surface area contributed by atoms with Crippen molar-refractivity contribution in [1.82, 2.24) is 14.8 Å². The number of carbonyl (C=O) groups is 1. The number of benzene rings is 1. The van der Waals surface area contributed by atoms with Crippen LogP contribution in [0.5, 0.6) is 0 Å². The second-order valence-corrected chi connectivity index (χ2v) is 4.46. The summed E-state index contributed by atoms with van der Waals surface area (Å²) in [5.74, 6) is -0.215. The average molecular weight is 267 g/mol. The van der Waals surface area contributed by atoms with Crippen LogP contribution in [-0.2, 0) is 7.05 Å². The van der Waals surface area contributed by atoms with Gasteiger partial charge in [0.15, 0.2) is 0 Å². The van der Waals surface area contributed by atoms with Crippen LogP contribution in [0.15, 0.2) is 42.9 Å². The number of hydrogen-bond donors (Lipinski definition) is 2. The number of nitrogens with zero attached hydrogens (tertiary/aromatic N) is 3. The number of nitrogens with one attached hydrogen (secondary N) is 1. The predicted molar refractivity (Wildman–Crippen MR) is 77.3 cm³/mol. The number of amides is 1. The minimum atomic E-state index is -0.215. The lowest BCUT2D eigenvalue weighted by molar-refractivity contribution is 0.102. The molecule has 100 valence electrons. The second kappa shape index (κ2) is 4.65. The summed E-state index contributed by atoms with van der Waals surface area (Å²) in [4.78, 5) is 16.4. The van der Waals surface area contributed by atoms with Gasteiger partial charge >= 0.3 is 0 Å². The second-order valence-electron chi connectivity index (χ2n) is 4.46. The lowest BCUT2D eigenvalue weighted by Crippen LogP contribution is -2.11. The van der Waals surface area contributed by atoms with Gasteiger partial charge in [-0.1, -0.05) is 0 Å². The normalized spacial score (nSPS) is 10.7. The van der Waals surface area contributed by atoms with Gasteiger partial charge in [-0.3, -0.25) is 14.5 Å². The Labute approximate surface area is 115 Å². The van der Waals surface area contributed by atoms with Crippen LogP contribution in [0.4, 0.5) is 11.4 Å². The van der Waals surface area contributed by atoms with Gasteiger partial charge in [-0.25, -0.2) is 0 Å². The monoisotopic (exact) mass is 267 g/mol. The quantitative estimate of drug-likeness (QED) is 0.693. The zero-order chi connectivity index (χ0) is 14.1. The molecule has 0 atom stereocenters. The van der Waals surface area contributed by atoms with Crippen molar-refractivity contribution in [2.75, 3.05) is 11.1 Å². The molecule has 20 heavy (non-hydrogen) atoms. The molecule has 3 N–H and O–H groups in total. The molecule has 0 spiro atoms. The zero-order valence-corrected chi connectivity index (χ0v) is 10.9. The van der Waals surface area contributed by atoms with Crippen LogP contribution in [0.1, 0.15) is 10.4 Å². The first-order chi connectivity index (χ1) is 9.65. The van der Waals surface area contributed by atoms with Crippen LogP contribution in [0.25, 0.3) is 10.9 Å². The summed E-state index contributed by atoms with van der Waals surface area (Å²) in [5, 5.41) is 7.64. The van der Waals surface area contributed by atoms with E-state index >= 15 is 0 Å². The molecule has 3 rings (SSSR count). The van der Waals surface area contributed by atoms with E-state index in [0.29, 0.717) is 22.5 Å². The molecule has 0 aliphatic rings. The van der Waals surface area contributed by atoms with Crippen LogP contribution in [0.3, 0.4) is 0 Å². The SMILES string of the molecule is Cn1cc(C(=O)Nc2ccc(N)c3ncccc23)cn1. The fourth-order valence-corrected chi connectivity index (χ4v) is 2.04. The van der Waals surface area contributed by atoms with Gasteiger partial charge in [-0.15, -0.1) is 0 Å². The van der Waals surface area contributed by atoms with Gasteiger partial charge < -0.3 is 11.1 Å². The van der Waals surface area contributed by atoms with E-state index in [2.05, 4.69) is 15.4 Å². The number of carbonyl (C=O) groups excluding carboxylic acids is 1. The summed E-state index contributed by atoms with van der Waals surface area (Å²) < 4.78 is 1.58. The Morgan fingerprint density at radius 2 is 2.20 bits per heavy atom. The van der Waals surface area contributed by atoms with E-state index in [4.69, 9.17) is 5.73 Å². The summed E-state index contributed by atoms with van der Waals surface area (Å²) in [6.07, 6.45) is 4.85. The molecule has 1 amide bonds. The first kappa shape index (κ1) is 12.2. The summed E-state index contributed by atoms with van der Waals surface area (Å²) in [7, 11) is 1.76. The number of aromatic nitrogens is 3. The minimum absolute atomic E-state index is 0.215. The zero-order valence-electron chi connectivity index (χ0n) is 10.9. The Kier molecular flexibility index (Phi) is 2.83. The Balaban J connectivity index is 1.99. The maximum absolute atomic E-state index is 12.1. The van der Waals surface area contributed by atoms with E-state index in [1.165, 1.54) is 6.20 Å². The Bertz CT molecular complexity index is 793. The van der Waals surface area contributed by atoms with E-state index < -0.39 is 0 Å². The van der Waals surface area contributed by atoms with Gasteiger partial charge in [0.05, 0.1) is 28.7 Å². The lowest BCUT2D eigenvalue weighted by Gasteiger charge is -2.08. The standard InChI is InChI=1S/C14H13N5O/c1-19-8-9(7-17-19)14(20)18-12-5-4-11(15)13-10(12)3-2-6-16-13/h2-8H,15H2,1H3,(H,18,20). The first-order valence-corrected chi connectivity index (χ1v) is 6.08. The highest BCUT2D eigenvalue weighted by Gasteiger charge is 2.11. The van der Waals surface area contributed by atoms with Crippen molar-refractivity contribution in [3.8, 4) is 0 Å². The summed E-state index contributed by atoms with van der Waals surface area (Å²) in [5.41, 5.74) is 8.32. The maximum Gasteiger partial charge on any atom is 0.258 e. The predicted octanol–water partition coefficient (Wildman–Crippen LogP) is 1.80. The molecule has 0 unspecified atom stereocenters. The first-order valence-electron chi connectivity index (χ1n) is 6.08. The summed E-state index contributed by atoms with van der Waals surface area (Å²) >= 11 is 0. The number of nitrogen functional groups attached to an aromatic ring is 1. The van der Waals surface area contributed by atoms with Gasteiger partial charge in [0.25, 0.3) is 5.91 Å². The van der Waals surface area contributed by atoms with Crippen molar-refractivity contribution in [3.63, 3.8) is 0 Å². The van der Waals surface area contributed by atoms with Gasteiger partial charge in [0.2, 0.25) is 0 Å². The largest absolute Gasteiger partial charge is 0.397 e. The fraction of sp³-hybridized carbons (Fsp3) is 0.0714. The molecule has 0 bridgehead atoms. The number of hydrogen-bond acceptors (Lipinski definition) is 4. The van der Waals surface area contributed by atoms with Gasteiger partial charge in [0.1, 0.15) is 0 Å². The number of nitrogens with two attached hydrogens (primary N) is 1. The molecule has 2 heterocycles. The number of rotatable bonds is 2. The van der Waals surface area contributed by atoms with Gasteiger partial charge in [-0.2, -0.15) is 5.10 Å². The summed E-state index contributed by atoms with van der Waals surface area (Å²) in [6, 6.07) is 7.18. The van der Waals surface area contributed by atoms with Crippen molar-refractivity contribution >= 4 is 28.2 Å². The molecular formula is C14H13N5O. The fourth-order valence-electron chi connectivity index (χ4n) is 2.04. The van der Waals surface area contributed by atoms with Crippen LogP contribution in [0, 0.1) is 0 Å². The highest BCUT2D eigenvalue weighted by Crippen LogP contribution is 2.26. The van der Waals surface area contributed by atoms with Crippen molar-refractivity contribution in [3.05, 3.63) is 48.4 Å².